The molecule has 1 atom stereocenters. The van der Waals surface area contributed by atoms with Crippen LogP contribution < -0.4 is 5.73 Å². The zero-order valence-electron chi connectivity index (χ0n) is 8.59. The van der Waals surface area contributed by atoms with Gasteiger partial charge in [0, 0.05) is 42.0 Å². The van der Waals surface area contributed by atoms with Crippen molar-refractivity contribution >= 4 is 0 Å². The van der Waals surface area contributed by atoms with Crippen molar-refractivity contribution in [2.24, 2.45) is 5.73 Å². The van der Waals surface area contributed by atoms with Crippen LogP contribution in [-0.2, 0) is 0 Å². The van der Waals surface area contributed by atoms with Crippen LogP contribution in [0, 0.1) is 0 Å². The van der Waals surface area contributed by atoms with Gasteiger partial charge in [-0.15, -0.1) is 0 Å². The molecule has 1 unspecified atom stereocenters. The molecule has 2 heterocycles. The Hall–Kier alpha value is -1.74. The molecule has 0 radical (unpaired) electrons. The molecule has 2 N–H and O–H groups in total. The van der Waals surface area contributed by atoms with Crippen LogP contribution in [0.2, 0.25) is 0 Å². The first-order valence-corrected chi connectivity index (χ1v) is 4.88. The van der Waals surface area contributed by atoms with Crippen LogP contribution in [0.1, 0.15) is 18.5 Å². The van der Waals surface area contributed by atoms with E-state index >= 15 is 0 Å². The quantitative estimate of drug-likeness (QED) is 0.806. The molecule has 15 heavy (non-hydrogen) atoms. The number of hydrogen-bond acceptors (Lipinski definition) is 3. The van der Waals surface area contributed by atoms with Gasteiger partial charge < -0.3 is 5.73 Å². The third-order valence-corrected chi connectivity index (χ3v) is 2.28. The fourth-order valence-corrected chi connectivity index (χ4v) is 1.40. The van der Waals surface area contributed by atoms with Crippen molar-refractivity contribution in [2.45, 2.75) is 13.0 Å². The lowest BCUT2D eigenvalue weighted by Gasteiger charge is -2.07. The van der Waals surface area contributed by atoms with Crippen molar-refractivity contribution in [2.75, 3.05) is 0 Å². The molecule has 3 heteroatoms. The van der Waals surface area contributed by atoms with Crippen LogP contribution >= 0.6 is 0 Å². The highest BCUT2D eigenvalue weighted by Crippen LogP contribution is 2.19. The molecule has 2 rings (SSSR count). The highest BCUT2D eigenvalue weighted by atomic mass is 14.7. The Balaban J connectivity index is 2.42. The van der Waals surface area contributed by atoms with Gasteiger partial charge >= 0.3 is 0 Å². The fourth-order valence-electron chi connectivity index (χ4n) is 1.40. The normalized spacial score (nSPS) is 12.4. The van der Waals surface area contributed by atoms with Crippen molar-refractivity contribution in [3.8, 4) is 11.1 Å². The number of hydrogen-bond donors (Lipinski definition) is 1. The Labute approximate surface area is 89.0 Å². The van der Waals surface area contributed by atoms with Crippen LogP contribution in [0.15, 0.2) is 43.0 Å². The molecule has 2 aromatic rings. The Bertz CT molecular complexity index is 438. The predicted octanol–water partition coefficient (Wildman–Crippen LogP) is 2.16. The molecule has 0 aliphatic heterocycles. The molecule has 0 spiro atoms. The van der Waals surface area contributed by atoms with Crippen molar-refractivity contribution < 1.29 is 0 Å². The van der Waals surface area contributed by atoms with Gasteiger partial charge in [0.25, 0.3) is 0 Å². The summed E-state index contributed by atoms with van der Waals surface area (Å²) in [6, 6.07) is 5.98. The zero-order chi connectivity index (χ0) is 10.7. The van der Waals surface area contributed by atoms with Crippen LogP contribution in [0.4, 0.5) is 0 Å². The molecule has 0 aliphatic carbocycles. The lowest BCUT2D eigenvalue weighted by Crippen LogP contribution is -2.05. The Morgan fingerprint density at radius 1 is 1.13 bits per heavy atom. The van der Waals surface area contributed by atoms with Gasteiger partial charge in [-0.2, -0.15) is 0 Å². The molecule has 0 aliphatic rings. The predicted molar refractivity (Wildman–Crippen MR) is 60.1 cm³/mol. The first kappa shape index (κ1) is 9.80. The second-order valence-electron chi connectivity index (χ2n) is 3.54. The number of pyridine rings is 2. The van der Waals surface area contributed by atoms with Crippen LogP contribution in [0.3, 0.4) is 0 Å². The summed E-state index contributed by atoms with van der Waals surface area (Å²) >= 11 is 0. The molecule has 3 nitrogen and oxygen atoms in total. The van der Waals surface area contributed by atoms with Gasteiger partial charge in [-0.25, -0.2) is 0 Å². The van der Waals surface area contributed by atoms with Crippen LogP contribution in [0.5, 0.6) is 0 Å². The maximum absolute atomic E-state index is 5.81. The van der Waals surface area contributed by atoms with Crippen LogP contribution in [0.25, 0.3) is 11.1 Å². The summed E-state index contributed by atoms with van der Waals surface area (Å²) in [7, 11) is 0. The molecule has 76 valence electrons. The smallest absolute Gasteiger partial charge is 0.0347 e. The van der Waals surface area contributed by atoms with E-state index < -0.39 is 0 Å². The summed E-state index contributed by atoms with van der Waals surface area (Å²) < 4.78 is 0. The van der Waals surface area contributed by atoms with Gasteiger partial charge in [0.2, 0.25) is 0 Å². The SMILES string of the molecule is CC(N)c1cncc(-c2cccnc2)c1. The monoisotopic (exact) mass is 199 g/mol. The maximum atomic E-state index is 5.81. The Kier molecular flexibility index (Phi) is 2.74. The highest BCUT2D eigenvalue weighted by molar-refractivity contribution is 5.61. The first-order valence-electron chi connectivity index (χ1n) is 4.88. The summed E-state index contributed by atoms with van der Waals surface area (Å²) in [4.78, 5) is 8.25. The third kappa shape index (κ3) is 2.19. The summed E-state index contributed by atoms with van der Waals surface area (Å²) in [6.45, 7) is 1.95. The lowest BCUT2D eigenvalue weighted by molar-refractivity contribution is 0.812. The molecule has 0 fully saturated rings. The fraction of sp³-hybridized carbons (Fsp3) is 0.167. The van der Waals surface area contributed by atoms with Crippen molar-refractivity contribution in [3.05, 3.63) is 48.5 Å². The second-order valence-corrected chi connectivity index (χ2v) is 3.54. The third-order valence-electron chi connectivity index (χ3n) is 2.28. The number of aromatic nitrogens is 2. The van der Waals surface area contributed by atoms with E-state index in [9.17, 15) is 0 Å². The van der Waals surface area contributed by atoms with E-state index in [1.807, 2.05) is 31.5 Å². The minimum atomic E-state index is 0.00845. The van der Waals surface area contributed by atoms with Crippen molar-refractivity contribution in [3.63, 3.8) is 0 Å². The van der Waals surface area contributed by atoms with Crippen molar-refractivity contribution in [1.29, 1.82) is 0 Å². The standard InChI is InChI=1S/C12H13N3/c1-9(13)11-5-12(8-15-7-11)10-3-2-4-14-6-10/h2-9H,13H2,1H3. The molecule has 0 saturated carbocycles. The maximum Gasteiger partial charge on any atom is 0.0347 e. The van der Waals surface area contributed by atoms with Crippen LogP contribution in [-0.4, -0.2) is 9.97 Å². The average molecular weight is 199 g/mol. The zero-order valence-corrected chi connectivity index (χ0v) is 8.59. The minimum Gasteiger partial charge on any atom is -0.324 e. The van der Waals surface area contributed by atoms with E-state index in [1.54, 1.807) is 12.4 Å². The van der Waals surface area contributed by atoms with Gasteiger partial charge in [0.1, 0.15) is 0 Å². The number of nitrogens with zero attached hydrogens (tertiary/aromatic N) is 2. The second kappa shape index (κ2) is 4.19. The van der Waals surface area contributed by atoms with Gasteiger partial charge in [-0.05, 0) is 24.6 Å². The average Bonchev–Trinajstić information content (AvgIpc) is 2.30. The van der Waals surface area contributed by atoms with E-state index in [-0.39, 0.29) is 6.04 Å². The molecular weight excluding hydrogens is 186 g/mol. The molecule has 0 amide bonds. The molecular formula is C12H13N3. The topological polar surface area (TPSA) is 51.8 Å². The summed E-state index contributed by atoms with van der Waals surface area (Å²) in [5.74, 6) is 0. The summed E-state index contributed by atoms with van der Waals surface area (Å²) in [5.41, 5.74) is 8.96. The number of rotatable bonds is 2. The van der Waals surface area contributed by atoms with E-state index in [4.69, 9.17) is 5.73 Å². The summed E-state index contributed by atoms with van der Waals surface area (Å²) in [5, 5.41) is 0. The van der Waals surface area contributed by atoms with E-state index in [2.05, 4.69) is 16.0 Å². The van der Waals surface area contributed by atoms with Crippen molar-refractivity contribution in [1.82, 2.24) is 9.97 Å². The molecule has 0 aromatic carbocycles. The molecule has 0 bridgehead atoms. The lowest BCUT2D eigenvalue weighted by atomic mass is 10.1. The van der Waals surface area contributed by atoms with Gasteiger partial charge in [0.05, 0.1) is 0 Å². The van der Waals surface area contributed by atoms with Gasteiger partial charge in [0.15, 0.2) is 0 Å². The van der Waals surface area contributed by atoms with Gasteiger partial charge in [-0.3, -0.25) is 9.97 Å². The Morgan fingerprint density at radius 2 is 1.93 bits per heavy atom. The first-order chi connectivity index (χ1) is 7.27. The molecule has 2 aromatic heterocycles. The summed E-state index contributed by atoms with van der Waals surface area (Å²) in [6.07, 6.45) is 7.20. The van der Waals surface area contributed by atoms with Gasteiger partial charge in [-0.1, -0.05) is 6.07 Å². The number of nitrogens with two attached hydrogens (primary N) is 1. The Morgan fingerprint density at radius 3 is 2.60 bits per heavy atom. The van der Waals surface area contributed by atoms with E-state index in [1.165, 1.54) is 0 Å². The van der Waals surface area contributed by atoms with E-state index in [0.717, 1.165) is 16.7 Å². The largest absolute Gasteiger partial charge is 0.324 e. The minimum absolute atomic E-state index is 0.00845. The highest BCUT2D eigenvalue weighted by Gasteiger charge is 2.02. The van der Waals surface area contributed by atoms with E-state index in [0.29, 0.717) is 0 Å². The molecule has 0 saturated heterocycles.